The lowest BCUT2D eigenvalue weighted by Crippen LogP contribution is -2.38. The van der Waals surface area contributed by atoms with Crippen molar-refractivity contribution in [2.75, 3.05) is 18.1 Å². The van der Waals surface area contributed by atoms with Gasteiger partial charge < -0.3 is 10.1 Å². The van der Waals surface area contributed by atoms with Crippen molar-refractivity contribution < 1.29 is 22.7 Å². The van der Waals surface area contributed by atoms with Crippen LogP contribution >= 0.6 is 23.2 Å². The number of hydrogen-bond acceptors (Lipinski definition) is 5. The number of benzene rings is 1. The predicted molar refractivity (Wildman–Crippen MR) is 81.9 cm³/mol. The van der Waals surface area contributed by atoms with E-state index in [-0.39, 0.29) is 22.1 Å². The van der Waals surface area contributed by atoms with Gasteiger partial charge in [-0.25, -0.2) is 13.2 Å². The maximum atomic E-state index is 11.8. The zero-order valence-electron chi connectivity index (χ0n) is 11.3. The summed E-state index contributed by atoms with van der Waals surface area (Å²) in [6.07, 6.45) is 0.363. The highest BCUT2D eigenvalue weighted by atomic mass is 35.5. The Morgan fingerprint density at radius 1 is 1.32 bits per heavy atom. The number of amides is 1. The van der Waals surface area contributed by atoms with Crippen LogP contribution in [-0.4, -0.2) is 44.4 Å². The standard InChI is InChI=1S/C13H13Cl2NO5S/c14-8-1-2-11(15)10(5-8)13(18)21-6-12(17)16-9-3-4-22(19,20)7-9/h1-2,5,9H,3-4,6-7H2,(H,16,17)/t9-/m0/s1. The Morgan fingerprint density at radius 2 is 2.05 bits per heavy atom. The fraction of sp³-hybridized carbons (Fsp3) is 0.385. The van der Waals surface area contributed by atoms with Gasteiger partial charge in [0.1, 0.15) is 0 Å². The van der Waals surface area contributed by atoms with E-state index >= 15 is 0 Å². The molecule has 0 radical (unpaired) electrons. The van der Waals surface area contributed by atoms with Gasteiger partial charge in [0.25, 0.3) is 5.91 Å². The molecule has 0 unspecified atom stereocenters. The smallest absolute Gasteiger partial charge is 0.340 e. The zero-order valence-corrected chi connectivity index (χ0v) is 13.7. The molecule has 1 atom stereocenters. The van der Waals surface area contributed by atoms with Crippen LogP contribution in [0.2, 0.25) is 10.0 Å². The normalized spacial score (nSPS) is 19.6. The summed E-state index contributed by atoms with van der Waals surface area (Å²) in [4.78, 5) is 23.5. The molecule has 1 aliphatic heterocycles. The molecule has 0 bridgehead atoms. The van der Waals surface area contributed by atoms with Crippen molar-refractivity contribution in [1.82, 2.24) is 5.32 Å². The zero-order chi connectivity index (χ0) is 16.3. The Balaban J connectivity index is 1.86. The number of sulfone groups is 1. The summed E-state index contributed by atoms with van der Waals surface area (Å²) in [5.41, 5.74) is 0.0606. The number of rotatable bonds is 4. The van der Waals surface area contributed by atoms with Gasteiger partial charge in [0.2, 0.25) is 0 Å². The molecule has 1 amide bonds. The Hall–Kier alpha value is -1.31. The minimum absolute atomic E-state index is 0.0514. The van der Waals surface area contributed by atoms with E-state index in [0.29, 0.717) is 11.4 Å². The fourth-order valence-corrected chi connectivity index (χ4v) is 4.08. The van der Waals surface area contributed by atoms with E-state index in [4.69, 9.17) is 27.9 Å². The predicted octanol–water partition coefficient (Wildman–Crippen LogP) is 1.45. The van der Waals surface area contributed by atoms with E-state index in [1.54, 1.807) is 0 Å². The van der Waals surface area contributed by atoms with Crippen molar-refractivity contribution in [2.24, 2.45) is 0 Å². The molecule has 1 aromatic carbocycles. The number of carbonyl (C=O) groups is 2. The average molecular weight is 366 g/mol. The number of carbonyl (C=O) groups excluding carboxylic acids is 2. The second kappa shape index (κ2) is 6.85. The molecular formula is C13H13Cl2NO5S. The van der Waals surface area contributed by atoms with E-state index < -0.39 is 34.4 Å². The van der Waals surface area contributed by atoms with Crippen molar-refractivity contribution in [3.8, 4) is 0 Å². The van der Waals surface area contributed by atoms with Gasteiger partial charge >= 0.3 is 5.97 Å². The Kier molecular flexibility index (Phi) is 5.31. The number of ether oxygens (including phenoxy) is 1. The lowest BCUT2D eigenvalue weighted by atomic mass is 10.2. The first-order valence-corrected chi connectivity index (χ1v) is 8.96. The van der Waals surface area contributed by atoms with Crippen molar-refractivity contribution >= 4 is 44.9 Å². The second-order valence-electron chi connectivity index (χ2n) is 4.87. The Morgan fingerprint density at radius 3 is 2.68 bits per heavy atom. The molecular weight excluding hydrogens is 353 g/mol. The summed E-state index contributed by atoms with van der Waals surface area (Å²) in [6.45, 7) is -0.516. The van der Waals surface area contributed by atoms with Crippen LogP contribution < -0.4 is 5.32 Å². The number of nitrogens with one attached hydrogen (secondary N) is 1. The first-order chi connectivity index (χ1) is 10.3. The van der Waals surface area contributed by atoms with Crippen LogP contribution in [-0.2, 0) is 19.4 Å². The molecule has 1 aromatic rings. The third kappa shape index (κ3) is 4.59. The van der Waals surface area contributed by atoms with Gasteiger partial charge in [-0.3, -0.25) is 4.79 Å². The van der Waals surface area contributed by atoms with Gasteiger partial charge in [0, 0.05) is 11.1 Å². The monoisotopic (exact) mass is 365 g/mol. The molecule has 1 heterocycles. The lowest BCUT2D eigenvalue weighted by Gasteiger charge is -2.11. The third-order valence-corrected chi connectivity index (χ3v) is 5.41. The molecule has 120 valence electrons. The summed E-state index contributed by atoms with van der Waals surface area (Å²) in [5, 5.41) is 2.99. The van der Waals surface area contributed by atoms with E-state index in [9.17, 15) is 18.0 Å². The topological polar surface area (TPSA) is 89.5 Å². The molecule has 0 saturated carbocycles. The van der Waals surface area contributed by atoms with Crippen LogP contribution in [0.25, 0.3) is 0 Å². The van der Waals surface area contributed by atoms with Gasteiger partial charge in [-0.15, -0.1) is 0 Å². The average Bonchev–Trinajstić information content (AvgIpc) is 2.78. The van der Waals surface area contributed by atoms with Crippen molar-refractivity contribution in [3.63, 3.8) is 0 Å². The van der Waals surface area contributed by atoms with Crippen LogP contribution in [0, 0.1) is 0 Å². The van der Waals surface area contributed by atoms with Crippen LogP contribution in [0.15, 0.2) is 18.2 Å². The van der Waals surface area contributed by atoms with Gasteiger partial charge in [-0.05, 0) is 24.6 Å². The lowest BCUT2D eigenvalue weighted by molar-refractivity contribution is -0.124. The highest BCUT2D eigenvalue weighted by molar-refractivity contribution is 7.91. The first-order valence-electron chi connectivity index (χ1n) is 6.39. The van der Waals surface area contributed by atoms with Crippen LogP contribution in [0.5, 0.6) is 0 Å². The maximum absolute atomic E-state index is 11.8. The van der Waals surface area contributed by atoms with Crippen molar-refractivity contribution in [2.45, 2.75) is 12.5 Å². The minimum Gasteiger partial charge on any atom is -0.452 e. The molecule has 0 aromatic heterocycles. The largest absolute Gasteiger partial charge is 0.452 e. The summed E-state index contributed by atoms with van der Waals surface area (Å²) >= 11 is 11.6. The molecule has 6 nitrogen and oxygen atoms in total. The van der Waals surface area contributed by atoms with Crippen LogP contribution in [0.3, 0.4) is 0 Å². The van der Waals surface area contributed by atoms with E-state index in [0.717, 1.165) is 0 Å². The van der Waals surface area contributed by atoms with Gasteiger partial charge in [-0.2, -0.15) is 0 Å². The van der Waals surface area contributed by atoms with Crippen molar-refractivity contribution in [3.05, 3.63) is 33.8 Å². The quantitative estimate of drug-likeness (QED) is 0.815. The molecule has 9 heteroatoms. The summed E-state index contributed by atoms with van der Waals surface area (Å²) in [6, 6.07) is 3.87. The number of esters is 1. The van der Waals surface area contributed by atoms with Crippen LogP contribution in [0.4, 0.5) is 0 Å². The maximum Gasteiger partial charge on any atom is 0.340 e. The van der Waals surface area contributed by atoms with Gasteiger partial charge in [0.15, 0.2) is 16.4 Å². The minimum atomic E-state index is -3.08. The Labute approximate surface area is 137 Å². The second-order valence-corrected chi connectivity index (χ2v) is 7.94. The van der Waals surface area contributed by atoms with Crippen LogP contribution in [0.1, 0.15) is 16.8 Å². The molecule has 1 N–H and O–H groups in total. The molecule has 22 heavy (non-hydrogen) atoms. The van der Waals surface area contributed by atoms with E-state index in [1.165, 1.54) is 18.2 Å². The highest BCUT2D eigenvalue weighted by Crippen LogP contribution is 2.21. The van der Waals surface area contributed by atoms with E-state index in [1.807, 2.05) is 0 Å². The first kappa shape index (κ1) is 17.1. The Bertz CT molecular complexity index is 704. The van der Waals surface area contributed by atoms with Gasteiger partial charge in [-0.1, -0.05) is 23.2 Å². The van der Waals surface area contributed by atoms with Crippen molar-refractivity contribution in [1.29, 1.82) is 0 Å². The molecule has 1 aliphatic rings. The van der Waals surface area contributed by atoms with E-state index in [2.05, 4.69) is 5.32 Å². The fourth-order valence-electron chi connectivity index (χ4n) is 2.04. The van der Waals surface area contributed by atoms with Gasteiger partial charge in [0.05, 0.1) is 22.1 Å². The molecule has 2 rings (SSSR count). The molecule has 0 aliphatic carbocycles. The SMILES string of the molecule is O=C(COC(=O)c1cc(Cl)ccc1Cl)N[C@H]1CCS(=O)(=O)C1. The highest BCUT2D eigenvalue weighted by Gasteiger charge is 2.29. The molecule has 1 fully saturated rings. The summed E-state index contributed by atoms with van der Waals surface area (Å²) in [7, 11) is -3.08. The number of halogens is 2. The number of hydrogen-bond donors (Lipinski definition) is 1. The molecule has 0 spiro atoms. The third-order valence-electron chi connectivity index (χ3n) is 3.08. The summed E-state index contributed by atoms with van der Waals surface area (Å²) < 4.78 is 27.4. The molecule has 1 saturated heterocycles. The summed E-state index contributed by atoms with van der Waals surface area (Å²) in [5.74, 6) is -1.38.